The van der Waals surface area contributed by atoms with Gasteiger partial charge in [0.2, 0.25) is 5.82 Å². The van der Waals surface area contributed by atoms with Crippen LogP contribution in [-0.4, -0.2) is 19.8 Å². The molecule has 0 bridgehead atoms. The van der Waals surface area contributed by atoms with Gasteiger partial charge in [-0.1, -0.05) is 13.3 Å². The van der Waals surface area contributed by atoms with Crippen LogP contribution < -0.4 is 0 Å². The van der Waals surface area contributed by atoms with Crippen LogP contribution in [0.1, 0.15) is 19.8 Å². The van der Waals surface area contributed by atoms with E-state index < -0.39 is 12.0 Å². The topological polar surface area (TPSA) is 0 Å². The Balaban J connectivity index is 3.59. The molecule has 1 atom stereocenters. The first kappa shape index (κ1) is 8.85. The van der Waals surface area contributed by atoms with Gasteiger partial charge in [-0.2, -0.15) is 0 Å². The molecular formula is C5H8BF3. The second-order valence-corrected chi connectivity index (χ2v) is 1.93. The third-order valence-electron chi connectivity index (χ3n) is 0.960. The van der Waals surface area contributed by atoms with Crippen LogP contribution in [0.3, 0.4) is 0 Å². The van der Waals surface area contributed by atoms with Gasteiger partial charge in [0.15, 0.2) is 14.0 Å². The van der Waals surface area contributed by atoms with Crippen LogP contribution in [0.5, 0.6) is 0 Å². The highest BCUT2D eigenvalue weighted by Gasteiger charge is 2.32. The fourth-order valence-corrected chi connectivity index (χ4v) is 0.446. The fourth-order valence-electron chi connectivity index (χ4n) is 0.446. The summed E-state index contributed by atoms with van der Waals surface area (Å²) in [5, 5.41) is 0. The van der Waals surface area contributed by atoms with Gasteiger partial charge in [-0.25, -0.2) is 13.2 Å². The maximum Gasteiger partial charge on any atom is 0.229 e. The molecule has 2 radical (unpaired) electrons. The lowest BCUT2D eigenvalue weighted by atomic mass is 9.92. The Labute approximate surface area is 53.8 Å². The van der Waals surface area contributed by atoms with Gasteiger partial charge in [0, 0.05) is 0 Å². The molecule has 0 aliphatic rings. The van der Waals surface area contributed by atoms with Gasteiger partial charge in [-0.3, -0.25) is 0 Å². The number of hydrogen-bond donors (Lipinski definition) is 0. The Hall–Kier alpha value is -0.145. The monoisotopic (exact) mass is 136 g/mol. The predicted octanol–water partition coefficient (Wildman–Crippen LogP) is 1.89. The second kappa shape index (κ2) is 3.13. The molecule has 0 fully saturated rings. The van der Waals surface area contributed by atoms with Crippen molar-refractivity contribution in [3.63, 3.8) is 0 Å². The fraction of sp³-hybridized carbons (Fsp3) is 1.00. The lowest BCUT2D eigenvalue weighted by Crippen LogP contribution is -2.29. The summed E-state index contributed by atoms with van der Waals surface area (Å²) < 4.78 is 35.4. The highest BCUT2D eigenvalue weighted by atomic mass is 19.3. The van der Waals surface area contributed by atoms with Crippen molar-refractivity contribution in [3.8, 4) is 0 Å². The number of halogens is 3. The van der Waals surface area contributed by atoms with Crippen molar-refractivity contribution in [2.45, 2.75) is 31.8 Å². The van der Waals surface area contributed by atoms with Crippen LogP contribution in [0, 0.1) is 0 Å². The summed E-state index contributed by atoms with van der Waals surface area (Å²) in [6.45, 7) is 1.62. The van der Waals surface area contributed by atoms with Gasteiger partial charge >= 0.3 is 0 Å². The molecule has 0 aliphatic heterocycles. The molecule has 0 aromatic heterocycles. The molecule has 0 spiro atoms. The third-order valence-corrected chi connectivity index (χ3v) is 0.960. The van der Waals surface area contributed by atoms with Crippen molar-refractivity contribution < 1.29 is 13.2 Å². The van der Waals surface area contributed by atoms with Crippen molar-refractivity contribution in [1.82, 2.24) is 0 Å². The summed E-state index contributed by atoms with van der Waals surface area (Å²) >= 11 is 0. The van der Waals surface area contributed by atoms with Gasteiger partial charge in [-0.05, 0) is 6.42 Å². The van der Waals surface area contributed by atoms with Crippen molar-refractivity contribution in [3.05, 3.63) is 0 Å². The van der Waals surface area contributed by atoms with E-state index in [2.05, 4.69) is 7.85 Å². The van der Waals surface area contributed by atoms with Crippen LogP contribution in [-0.2, 0) is 0 Å². The van der Waals surface area contributed by atoms with Gasteiger partial charge in [0.25, 0.3) is 0 Å². The molecule has 0 aliphatic carbocycles. The van der Waals surface area contributed by atoms with Crippen molar-refractivity contribution in [2.75, 3.05) is 0 Å². The summed E-state index contributed by atoms with van der Waals surface area (Å²) in [4.78, 5) is 0. The van der Waals surface area contributed by atoms with E-state index in [-0.39, 0.29) is 6.42 Å². The zero-order valence-corrected chi connectivity index (χ0v) is 5.20. The lowest BCUT2D eigenvalue weighted by molar-refractivity contribution is 0.00187. The lowest BCUT2D eigenvalue weighted by Gasteiger charge is -2.14. The molecule has 0 heterocycles. The molecule has 0 saturated heterocycles. The summed E-state index contributed by atoms with van der Waals surface area (Å²) in [7, 11) is 4.16. The largest absolute Gasteiger partial charge is 0.242 e. The molecule has 0 saturated carbocycles. The molecule has 0 nitrogen and oxygen atoms in total. The number of alkyl halides is 3. The first-order valence-electron chi connectivity index (χ1n) is 2.79. The van der Waals surface area contributed by atoms with Crippen LogP contribution in [0.15, 0.2) is 0 Å². The summed E-state index contributed by atoms with van der Waals surface area (Å²) in [6.07, 6.45) is -1.99. The third kappa shape index (κ3) is 3.43. The second-order valence-electron chi connectivity index (χ2n) is 1.93. The first-order chi connectivity index (χ1) is 3.98. The minimum absolute atomic E-state index is 0.177. The van der Waals surface area contributed by atoms with Crippen LogP contribution in [0.25, 0.3) is 0 Å². The van der Waals surface area contributed by atoms with Gasteiger partial charge in [0.05, 0.1) is 0 Å². The van der Waals surface area contributed by atoms with E-state index in [1.165, 1.54) is 0 Å². The zero-order valence-electron chi connectivity index (χ0n) is 5.20. The van der Waals surface area contributed by atoms with E-state index in [1.807, 2.05) is 0 Å². The molecule has 0 N–H and O–H groups in total. The molecule has 52 valence electrons. The average molecular weight is 136 g/mol. The van der Waals surface area contributed by atoms with Gasteiger partial charge < -0.3 is 0 Å². The van der Waals surface area contributed by atoms with Crippen LogP contribution in [0.4, 0.5) is 13.2 Å². The Kier molecular flexibility index (Phi) is 3.08. The van der Waals surface area contributed by atoms with Crippen LogP contribution >= 0.6 is 0 Å². The normalized spacial score (nSPS) is 15.6. The van der Waals surface area contributed by atoms with E-state index in [0.717, 1.165) is 0 Å². The van der Waals surface area contributed by atoms with E-state index in [4.69, 9.17) is 0 Å². The molecule has 0 aromatic carbocycles. The molecular weight excluding hydrogens is 128 g/mol. The molecule has 1 unspecified atom stereocenters. The van der Waals surface area contributed by atoms with E-state index >= 15 is 0 Å². The minimum Gasteiger partial charge on any atom is -0.242 e. The Morgan fingerprint density at radius 1 is 1.56 bits per heavy atom. The number of rotatable bonds is 3. The first-order valence-corrected chi connectivity index (χ1v) is 2.79. The minimum atomic E-state index is -3.66. The molecule has 4 heteroatoms. The highest BCUT2D eigenvalue weighted by Crippen LogP contribution is 2.20. The van der Waals surface area contributed by atoms with Crippen molar-refractivity contribution >= 4 is 7.85 Å². The quantitative estimate of drug-likeness (QED) is 0.519. The Morgan fingerprint density at radius 3 is 2.11 bits per heavy atom. The maximum absolute atomic E-state index is 12.0. The van der Waals surface area contributed by atoms with E-state index in [9.17, 15) is 13.2 Å². The SMILES string of the molecule is [B]C(F)(F)C(F)CCC. The standard InChI is InChI=1S/C5H8BF3/c1-2-3-4(7)5(6,8)9/h4H,2-3H2,1H3. The van der Waals surface area contributed by atoms with Gasteiger partial charge in [-0.15, -0.1) is 0 Å². The van der Waals surface area contributed by atoms with Crippen molar-refractivity contribution in [2.24, 2.45) is 0 Å². The molecule has 0 amide bonds. The van der Waals surface area contributed by atoms with Crippen LogP contribution in [0.2, 0.25) is 0 Å². The average Bonchev–Trinajstić information content (AvgIpc) is 1.64. The summed E-state index contributed by atoms with van der Waals surface area (Å²) in [5.74, 6) is -3.66. The van der Waals surface area contributed by atoms with E-state index in [0.29, 0.717) is 6.42 Å². The Morgan fingerprint density at radius 2 is 2.00 bits per heavy atom. The predicted molar refractivity (Wildman–Crippen MR) is 30.5 cm³/mol. The van der Waals surface area contributed by atoms with Crippen molar-refractivity contribution in [1.29, 1.82) is 0 Å². The maximum atomic E-state index is 12.0. The number of hydrogen-bond acceptors (Lipinski definition) is 0. The zero-order chi connectivity index (χ0) is 7.49. The molecule has 0 rings (SSSR count). The smallest absolute Gasteiger partial charge is 0.229 e. The van der Waals surface area contributed by atoms with E-state index in [1.54, 1.807) is 6.92 Å². The molecule has 9 heavy (non-hydrogen) atoms. The summed E-state index contributed by atoms with van der Waals surface area (Å²) in [5.41, 5.74) is 0. The molecule has 0 aromatic rings. The van der Waals surface area contributed by atoms with Gasteiger partial charge in [0.1, 0.15) is 0 Å². The highest BCUT2D eigenvalue weighted by molar-refractivity contribution is 6.13. The Bertz CT molecular complexity index is 78.8. The summed E-state index contributed by atoms with van der Waals surface area (Å²) in [6, 6.07) is 0.